The number of ether oxygens (including phenoxy) is 1. The summed E-state index contributed by atoms with van der Waals surface area (Å²) in [6.07, 6.45) is -10.4. The number of aliphatic hydroxyl groups excluding tert-OH is 1. The van der Waals surface area contributed by atoms with Gasteiger partial charge in [-0.3, -0.25) is 9.09 Å². The van der Waals surface area contributed by atoms with Crippen molar-refractivity contribution in [2.75, 3.05) is 12.3 Å². The van der Waals surface area contributed by atoms with E-state index in [-0.39, 0.29) is 5.82 Å². The number of alkyl halides is 3. The predicted molar refractivity (Wildman–Crippen MR) is 96.8 cm³/mol. The lowest BCUT2D eigenvalue weighted by Gasteiger charge is -2.24. The number of nitrogen functional groups attached to an aromatic ring is 1. The molecule has 1 aliphatic heterocycles. The maximum absolute atomic E-state index is 13.5. The largest absolute Gasteiger partial charge is 0.490 e. The Hall–Kier alpha value is -0.780. The van der Waals surface area contributed by atoms with Crippen LogP contribution in [-0.2, 0) is 31.6 Å². The summed E-state index contributed by atoms with van der Waals surface area (Å²) >= 11 is 4.83. The van der Waals surface area contributed by atoms with E-state index in [0.717, 1.165) is 16.8 Å². The predicted octanol–water partition coefficient (Wildman–Crippen LogP) is 0.975. The molecule has 184 valence electrons. The number of rotatable bonds is 8. The summed E-state index contributed by atoms with van der Waals surface area (Å²) in [5, 5.41) is 10.1. The normalized spacial score (nSPS) is 28.2. The average Bonchev–Trinajstić information content (AvgIpc) is 2.86. The Labute approximate surface area is 181 Å². The van der Waals surface area contributed by atoms with Crippen LogP contribution in [0.5, 0.6) is 0 Å². The number of hydrogen-bond acceptors (Lipinski definition) is 11. The summed E-state index contributed by atoms with van der Waals surface area (Å²) in [6, 6.07) is 1.10. The molecule has 1 aromatic rings. The standard InChI is InChI=1S/C10H15F3N3O12P3S/c11-10(12,13)6-7(17)4(26-8(6)16-2-1-5(14)15-9(16)32)3-25-30(21,22)28-31(23,24)27-29(18,19)20/h1-2,4,6-8,17H,3H2,(H,21,22)(H,23,24)(H2,14,15,32)(H2,18,19,20)/t4-,6?,7+,8-/m1/s1. The minimum atomic E-state index is -5.84. The molecule has 1 fully saturated rings. The lowest BCUT2D eigenvalue weighted by molar-refractivity contribution is -0.211. The molecule has 2 rings (SSSR count). The quantitative estimate of drug-likeness (QED) is 0.195. The summed E-state index contributed by atoms with van der Waals surface area (Å²) in [7, 11) is -17.1. The Morgan fingerprint density at radius 3 is 2.28 bits per heavy atom. The van der Waals surface area contributed by atoms with Crippen molar-refractivity contribution in [2.45, 2.75) is 24.6 Å². The molecule has 32 heavy (non-hydrogen) atoms. The van der Waals surface area contributed by atoms with Crippen LogP contribution in [0, 0.1) is 10.7 Å². The van der Waals surface area contributed by atoms with Crippen molar-refractivity contribution in [3.63, 3.8) is 0 Å². The highest BCUT2D eigenvalue weighted by atomic mass is 32.1. The third-order valence-corrected chi connectivity index (χ3v) is 7.80. The molecule has 0 saturated carbocycles. The number of aromatic nitrogens is 2. The molecule has 2 heterocycles. The number of hydrogen-bond donors (Lipinski definition) is 6. The van der Waals surface area contributed by atoms with E-state index in [1.807, 2.05) is 0 Å². The highest BCUT2D eigenvalue weighted by Gasteiger charge is 2.58. The second-order valence-electron chi connectivity index (χ2n) is 6.05. The Bertz CT molecular complexity index is 1050. The molecule has 1 saturated heterocycles. The highest BCUT2D eigenvalue weighted by molar-refractivity contribution is 7.71. The third-order valence-electron chi connectivity index (χ3n) is 3.69. The maximum atomic E-state index is 13.5. The Balaban J connectivity index is 2.20. The van der Waals surface area contributed by atoms with E-state index >= 15 is 0 Å². The van der Waals surface area contributed by atoms with Crippen molar-refractivity contribution < 1.29 is 69.4 Å². The van der Waals surface area contributed by atoms with Gasteiger partial charge in [0.1, 0.15) is 17.8 Å². The second-order valence-corrected chi connectivity index (χ2v) is 10.8. The molecule has 3 unspecified atom stereocenters. The van der Waals surface area contributed by atoms with E-state index < -0.39 is 65.4 Å². The lowest BCUT2D eigenvalue weighted by atomic mass is 9.99. The number of nitrogens with two attached hydrogens (primary N) is 1. The van der Waals surface area contributed by atoms with Crippen LogP contribution in [0.15, 0.2) is 12.3 Å². The molecule has 15 nitrogen and oxygen atoms in total. The molecular formula is C10H15F3N3O12P3S. The summed E-state index contributed by atoms with van der Waals surface area (Å²) in [4.78, 5) is 39.0. The van der Waals surface area contributed by atoms with Gasteiger partial charge in [0.05, 0.1) is 12.7 Å². The van der Waals surface area contributed by atoms with Crippen LogP contribution >= 0.6 is 35.7 Å². The zero-order chi connectivity index (χ0) is 24.7. The first-order valence-corrected chi connectivity index (χ1v) is 12.8. The van der Waals surface area contributed by atoms with Gasteiger partial charge in [0, 0.05) is 6.20 Å². The Kier molecular flexibility index (Phi) is 8.12. The molecular weight excluding hydrogens is 536 g/mol. The van der Waals surface area contributed by atoms with Gasteiger partial charge in [0.15, 0.2) is 6.23 Å². The van der Waals surface area contributed by atoms with Crippen LogP contribution < -0.4 is 5.73 Å². The monoisotopic (exact) mass is 551 g/mol. The SMILES string of the molecule is Nc1ccn([C@@H]2O[C@H](COP(=O)(O)OP(=O)(O)OP(=O)(O)O)[C@H](O)C2C(F)(F)F)c(=S)n1. The molecule has 1 aliphatic rings. The summed E-state index contributed by atoms with van der Waals surface area (Å²) in [6.45, 7) is -1.30. The number of nitrogens with zero attached hydrogens (tertiary/aromatic N) is 2. The van der Waals surface area contributed by atoms with Crippen molar-refractivity contribution in [3.8, 4) is 0 Å². The molecule has 1 aromatic heterocycles. The van der Waals surface area contributed by atoms with Gasteiger partial charge in [-0.15, -0.1) is 0 Å². The summed E-state index contributed by atoms with van der Waals surface area (Å²) in [5.41, 5.74) is 5.39. The van der Waals surface area contributed by atoms with Crippen molar-refractivity contribution in [1.29, 1.82) is 0 Å². The number of anilines is 1. The van der Waals surface area contributed by atoms with Crippen LogP contribution in [-0.4, -0.2) is 59.2 Å². The Morgan fingerprint density at radius 1 is 1.19 bits per heavy atom. The Morgan fingerprint density at radius 2 is 1.78 bits per heavy atom. The van der Waals surface area contributed by atoms with Crippen LogP contribution in [0.2, 0.25) is 0 Å². The molecule has 0 radical (unpaired) electrons. The topological polar surface area (TPSA) is 233 Å². The number of aliphatic hydroxyl groups is 1. The molecule has 0 amide bonds. The first kappa shape index (κ1) is 27.5. The van der Waals surface area contributed by atoms with Crippen molar-refractivity contribution >= 4 is 41.5 Å². The highest BCUT2D eigenvalue weighted by Crippen LogP contribution is 2.66. The van der Waals surface area contributed by atoms with Crippen LogP contribution in [0.4, 0.5) is 19.0 Å². The minimum absolute atomic E-state index is 0.113. The van der Waals surface area contributed by atoms with Gasteiger partial charge in [-0.1, -0.05) is 0 Å². The summed E-state index contributed by atoms with van der Waals surface area (Å²) in [5.74, 6) is -2.73. The minimum Gasteiger partial charge on any atom is -0.389 e. The van der Waals surface area contributed by atoms with Gasteiger partial charge >= 0.3 is 29.6 Å². The molecule has 0 bridgehead atoms. The fourth-order valence-corrected chi connectivity index (χ4v) is 5.87. The zero-order valence-electron chi connectivity index (χ0n) is 15.1. The number of phosphoric acid groups is 3. The summed E-state index contributed by atoms with van der Waals surface area (Å²) < 4.78 is 90.7. The lowest BCUT2D eigenvalue weighted by Crippen LogP contribution is -2.39. The molecule has 0 aromatic carbocycles. The van der Waals surface area contributed by atoms with Gasteiger partial charge < -0.3 is 35.2 Å². The zero-order valence-corrected chi connectivity index (χ0v) is 18.6. The van der Waals surface area contributed by atoms with Crippen molar-refractivity contribution in [3.05, 3.63) is 17.0 Å². The van der Waals surface area contributed by atoms with E-state index in [0.29, 0.717) is 0 Å². The van der Waals surface area contributed by atoms with E-state index in [4.69, 9.17) is 37.4 Å². The first-order valence-electron chi connectivity index (χ1n) is 7.84. The molecule has 7 N–H and O–H groups in total. The van der Waals surface area contributed by atoms with E-state index in [1.165, 1.54) is 0 Å². The van der Waals surface area contributed by atoms with Crippen LogP contribution in [0.3, 0.4) is 0 Å². The van der Waals surface area contributed by atoms with E-state index in [2.05, 4.69) is 18.1 Å². The first-order chi connectivity index (χ1) is 14.3. The molecule has 0 aliphatic carbocycles. The number of halogens is 3. The van der Waals surface area contributed by atoms with Crippen molar-refractivity contribution in [2.24, 2.45) is 5.92 Å². The van der Waals surface area contributed by atoms with Gasteiger partial charge in [-0.2, -0.15) is 21.8 Å². The van der Waals surface area contributed by atoms with Crippen LogP contribution in [0.1, 0.15) is 6.23 Å². The van der Waals surface area contributed by atoms with Gasteiger partial charge in [0.25, 0.3) is 0 Å². The smallest absolute Gasteiger partial charge is 0.389 e. The third kappa shape index (κ3) is 7.36. The number of phosphoric ester groups is 1. The van der Waals surface area contributed by atoms with E-state index in [9.17, 15) is 36.9 Å². The van der Waals surface area contributed by atoms with Crippen LogP contribution in [0.25, 0.3) is 0 Å². The average molecular weight is 551 g/mol. The second kappa shape index (κ2) is 9.46. The van der Waals surface area contributed by atoms with E-state index in [1.54, 1.807) is 0 Å². The van der Waals surface area contributed by atoms with Crippen molar-refractivity contribution in [1.82, 2.24) is 9.55 Å². The van der Waals surface area contributed by atoms with Gasteiger partial charge in [-0.05, 0) is 18.3 Å². The molecule has 22 heteroatoms. The fraction of sp³-hybridized carbons (Fsp3) is 0.600. The van der Waals surface area contributed by atoms with Gasteiger partial charge in [0.2, 0.25) is 4.77 Å². The molecule has 6 atom stereocenters. The fourth-order valence-electron chi connectivity index (χ4n) is 2.57. The maximum Gasteiger partial charge on any atom is 0.490 e. The van der Waals surface area contributed by atoms with Gasteiger partial charge in [-0.25, -0.2) is 18.7 Å². The molecule has 0 spiro atoms.